The smallest absolute Gasteiger partial charge is 0.338 e. The minimum absolute atomic E-state index is 0.0119. The van der Waals surface area contributed by atoms with E-state index in [4.69, 9.17) is 28.4 Å². The molecule has 3 saturated carbocycles. The molecule has 0 amide bonds. The maximum absolute atomic E-state index is 14.1. The molecule has 1 saturated heterocycles. The molecule has 49 heavy (non-hydrogen) atoms. The van der Waals surface area contributed by atoms with Gasteiger partial charge >= 0.3 is 29.8 Å². The van der Waals surface area contributed by atoms with Crippen molar-refractivity contribution in [1.82, 2.24) is 0 Å². The Morgan fingerprint density at radius 1 is 0.898 bits per heavy atom. The first kappa shape index (κ1) is 36.1. The highest BCUT2D eigenvalue weighted by atomic mass is 16.6. The number of hydrogen-bond donors (Lipinski definition) is 2. The first-order chi connectivity index (χ1) is 22.8. The zero-order valence-corrected chi connectivity index (χ0v) is 28.3. The molecule has 1 aliphatic heterocycles. The molecule has 1 unspecified atom stereocenters. The van der Waals surface area contributed by atoms with E-state index in [0.29, 0.717) is 0 Å². The van der Waals surface area contributed by atoms with Crippen molar-refractivity contribution in [3.63, 3.8) is 0 Å². The molecule has 11 atom stereocenters. The highest BCUT2D eigenvalue weighted by Crippen LogP contribution is 2.67. The number of fused-ring (bicyclic) bond motifs is 1. The van der Waals surface area contributed by atoms with Gasteiger partial charge in [0.15, 0.2) is 23.6 Å². The lowest BCUT2D eigenvalue weighted by Gasteiger charge is -2.65. The van der Waals surface area contributed by atoms with Gasteiger partial charge in [0.25, 0.3) is 0 Å². The molecular weight excluding hydrogens is 644 g/mol. The molecule has 0 aromatic heterocycles. The Morgan fingerprint density at radius 3 is 2.04 bits per heavy atom. The van der Waals surface area contributed by atoms with Crippen LogP contribution in [0.4, 0.5) is 0 Å². The van der Waals surface area contributed by atoms with Crippen molar-refractivity contribution in [2.45, 2.75) is 96.1 Å². The minimum atomic E-state index is -2.48. The molecule has 1 aromatic rings. The maximum Gasteiger partial charge on any atom is 0.338 e. The van der Waals surface area contributed by atoms with Crippen molar-refractivity contribution in [3.8, 4) is 0 Å². The second kappa shape index (κ2) is 12.6. The molecule has 14 nitrogen and oxygen atoms in total. The molecule has 1 heterocycles. The number of carbonyl (C=O) groups excluding carboxylic acids is 6. The number of ketones is 1. The summed E-state index contributed by atoms with van der Waals surface area (Å²) >= 11 is 0. The maximum atomic E-state index is 14.1. The fourth-order valence-electron chi connectivity index (χ4n) is 8.86. The lowest BCUT2D eigenvalue weighted by molar-refractivity contribution is -0.302. The molecule has 0 spiro atoms. The van der Waals surface area contributed by atoms with Crippen molar-refractivity contribution >= 4 is 35.6 Å². The topological polar surface area (TPSA) is 198 Å². The number of esters is 5. The van der Waals surface area contributed by atoms with Gasteiger partial charge in [-0.3, -0.25) is 24.0 Å². The normalized spacial score (nSPS) is 39.4. The number of aliphatic hydroxyl groups is 2. The number of ether oxygens (including phenoxy) is 6. The molecule has 4 fully saturated rings. The van der Waals surface area contributed by atoms with Crippen LogP contribution in [0.25, 0.3) is 0 Å². The Kier molecular flexibility index (Phi) is 9.32. The van der Waals surface area contributed by atoms with Crippen LogP contribution in [0.15, 0.2) is 42.5 Å². The Bertz CT molecular complexity index is 1570. The van der Waals surface area contributed by atoms with E-state index in [1.54, 1.807) is 25.1 Å². The quantitative estimate of drug-likeness (QED) is 0.238. The van der Waals surface area contributed by atoms with Crippen molar-refractivity contribution in [3.05, 3.63) is 48.0 Å². The van der Waals surface area contributed by atoms with Crippen LogP contribution in [0.5, 0.6) is 0 Å². The van der Waals surface area contributed by atoms with Gasteiger partial charge in [0.1, 0.15) is 24.4 Å². The number of Topliss-reactive ketones (excluding diaryl/α,β-unsaturated/α-hetero) is 1. The Balaban J connectivity index is 1.91. The van der Waals surface area contributed by atoms with E-state index in [2.05, 4.69) is 6.58 Å². The van der Waals surface area contributed by atoms with E-state index in [0.717, 1.165) is 27.7 Å². The summed E-state index contributed by atoms with van der Waals surface area (Å²) in [6, 6.07) is 7.88. The van der Waals surface area contributed by atoms with E-state index < -0.39 is 107 Å². The number of aliphatic hydroxyl groups excluding tert-OH is 1. The standard InChI is InChI=1S/C35H42O14/c1-17-24(40)14-26(46-18(2)36)34(16-44-31(42)22-11-9-8-10-12-22)27(17)28(47-19(3)37)23-13-25(41)33(7)35(43,32(23,6)15-45-33)30(49-21(5)39)29(34)48-20(4)38/h8-12,23-24,26-30,40,43H,1,13-16H2,2-7H3/t23-,24-,26?,27-,28+,29-,30-,32+,33-,34+,35-/m0/s1. The van der Waals surface area contributed by atoms with Gasteiger partial charge in [-0.1, -0.05) is 31.7 Å². The number of carbonyl (C=O) groups is 6. The Labute approximate surface area is 283 Å². The van der Waals surface area contributed by atoms with Gasteiger partial charge in [0.2, 0.25) is 0 Å². The molecule has 2 N–H and O–H groups in total. The van der Waals surface area contributed by atoms with Gasteiger partial charge in [0, 0.05) is 57.8 Å². The van der Waals surface area contributed by atoms with Crippen molar-refractivity contribution < 1.29 is 67.4 Å². The number of benzene rings is 1. The lowest BCUT2D eigenvalue weighted by Crippen LogP contribution is -2.81. The largest absolute Gasteiger partial charge is 0.462 e. The van der Waals surface area contributed by atoms with Gasteiger partial charge in [-0.2, -0.15) is 0 Å². The van der Waals surface area contributed by atoms with Crippen LogP contribution >= 0.6 is 0 Å². The van der Waals surface area contributed by atoms with E-state index in [9.17, 15) is 39.0 Å². The Morgan fingerprint density at radius 2 is 1.47 bits per heavy atom. The van der Waals surface area contributed by atoms with Gasteiger partial charge in [-0.05, 0) is 24.6 Å². The van der Waals surface area contributed by atoms with E-state index in [1.165, 1.54) is 19.1 Å². The van der Waals surface area contributed by atoms with Crippen LogP contribution in [0, 0.1) is 22.7 Å². The third-order valence-electron chi connectivity index (χ3n) is 11.1. The lowest BCUT2D eigenvalue weighted by atomic mass is 9.43. The summed E-state index contributed by atoms with van der Waals surface area (Å²) < 4.78 is 35.8. The monoisotopic (exact) mass is 686 g/mol. The van der Waals surface area contributed by atoms with E-state index in [1.807, 2.05) is 0 Å². The molecular formula is C35H42O14. The predicted molar refractivity (Wildman–Crippen MR) is 165 cm³/mol. The van der Waals surface area contributed by atoms with Gasteiger partial charge in [-0.25, -0.2) is 4.79 Å². The molecule has 14 heteroatoms. The molecule has 5 rings (SSSR count). The zero-order chi connectivity index (χ0) is 36.3. The van der Waals surface area contributed by atoms with E-state index in [-0.39, 0.29) is 30.6 Å². The number of rotatable bonds is 7. The third kappa shape index (κ3) is 5.44. The van der Waals surface area contributed by atoms with Crippen molar-refractivity contribution in [2.75, 3.05) is 13.2 Å². The first-order valence-electron chi connectivity index (χ1n) is 16.0. The predicted octanol–water partition coefficient (Wildman–Crippen LogP) is 1.62. The summed E-state index contributed by atoms with van der Waals surface area (Å²) in [6.07, 6.45) is -8.88. The molecule has 3 aliphatic carbocycles. The summed E-state index contributed by atoms with van der Waals surface area (Å²) in [5.74, 6) is -7.53. The summed E-state index contributed by atoms with van der Waals surface area (Å²) in [7, 11) is 0. The average Bonchev–Trinajstić information content (AvgIpc) is 3.16. The average molecular weight is 687 g/mol. The third-order valence-corrected chi connectivity index (χ3v) is 11.1. The molecule has 266 valence electrons. The summed E-state index contributed by atoms with van der Waals surface area (Å²) in [6.45, 7) is 10.4. The van der Waals surface area contributed by atoms with Crippen LogP contribution in [-0.2, 0) is 52.4 Å². The first-order valence-corrected chi connectivity index (χ1v) is 16.0. The number of hydrogen-bond acceptors (Lipinski definition) is 14. The molecule has 4 bridgehead atoms. The SMILES string of the molecule is C=C1[C@@H](O)CC(OC(C)=O)[C@@]2(COC(=O)c3ccccc3)[C@@H](OC(C)=O)[C@H](OC(C)=O)[C@@]3(O)[C@@]4(C)OC[C@]3(C)[C@@H](CC4=O)[C@@H](OC(C)=O)[C@H]12. The van der Waals surface area contributed by atoms with Gasteiger partial charge in [0.05, 0.1) is 23.7 Å². The minimum Gasteiger partial charge on any atom is -0.462 e. The second-order valence-corrected chi connectivity index (χ2v) is 13.8. The molecule has 0 radical (unpaired) electrons. The summed E-state index contributed by atoms with van der Waals surface area (Å²) in [5, 5.41) is 24.6. The van der Waals surface area contributed by atoms with Crippen molar-refractivity contribution in [2.24, 2.45) is 22.7 Å². The van der Waals surface area contributed by atoms with Gasteiger partial charge in [-0.15, -0.1) is 0 Å². The van der Waals surface area contributed by atoms with Crippen LogP contribution in [0.1, 0.15) is 64.7 Å². The van der Waals surface area contributed by atoms with Crippen LogP contribution < -0.4 is 0 Å². The van der Waals surface area contributed by atoms with Crippen LogP contribution in [0.2, 0.25) is 0 Å². The van der Waals surface area contributed by atoms with Crippen LogP contribution in [-0.4, -0.2) is 101 Å². The fourth-order valence-corrected chi connectivity index (χ4v) is 8.86. The second-order valence-electron chi connectivity index (χ2n) is 13.8. The summed E-state index contributed by atoms with van der Waals surface area (Å²) in [4.78, 5) is 79.4. The van der Waals surface area contributed by atoms with Crippen molar-refractivity contribution in [1.29, 1.82) is 0 Å². The van der Waals surface area contributed by atoms with Gasteiger partial charge < -0.3 is 38.6 Å². The fraction of sp³-hybridized carbons (Fsp3) is 0.600. The van der Waals surface area contributed by atoms with E-state index >= 15 is 0 Å². The molecule has 1 aromatic carbocycles. The molecule has 4 aliphatic rings. The summed E-state index contributed by atoms with van der Waals surface area (Å²) in [5.41, 5.74) is -8.00. The Hall–Kier alpha value is -4.14. The highest BCUT2D eigenvalue weighted by molar-refractivity contribution is 5.91. The zero-order valence-electron chi connectivity index (χ0n) is 28.3. The highest BCUT2D eigenvalue weighted by Gasteiger charge is 2.83. The van der Waals surface area contributed by atoms with Crippen LogP contribution in [0.3, 0.4) is 0 Å².